The standard InChI is InChI=1S/C34H45ClN2O5S/c1-23-9-16-33-31(18-23)37(17-4-3-7-26-19-29(35)14-12-28(26)21-42-33)20-27-13-15-30(27)32(39)8-5-6-24(2)34(25-10-11-25)43(40,41)36-22-38/h5,8-9,12,14,16,18-19,22,24-25,27,30,32,34,39H,3-4,6-7,10-11,13,15,17,20-21H2,1-2H3,(H,36,38)/b8-5+/t24-,27-,30+,32-,34-/m0/s1. The number of sulfonamides is 1. The molecule has 1 aliphatic heterocycles. The smallest absolute Gasteiger partial charge is 0.238 e. The minimum atomic E-state index is -3.69. The quantitative estimate of drug-likeness (QED) is 0.227. The number of carbonyl (C=O) groups is 1. The third kappa shape index (κ3) is 7.95. The Kier molecular flexibility index (Phi) is 10.4. The number of aliphatic hydroxyl groups is 1. The Bertz CT molecular complexity index is 1410. The van der Waals surface area contributed by atoms with E-state index in [9.17, 15) is 18.3 Å². The second-order valence-electron chi connectivity index (χ2n) is 12.8. The zero-order valence-corrected chi connectivity index (χ0v) is 26.8. The van der Waals surface area contributed by atoms with Crippen molar-refractivity contribution in [2.75, 3.05) is 18.0 Å². The highest BCUT2D eigenvalue weighted by atomic mass is 35.5. The molecule has 5 rings (SSSR count). The number of hydrogen-bond acceptors (Lipinski definition) is 6. The minimum Gasteiger partial charge on any atom is -0.487 e. The number of rotatable bonds is 11. The van der Waals surface area contributed by atoms with Crippen LogP contribution in [0.25, 0.3) is 0 Å². The predicted octanol–water partition coefficient (Wildman–Crippen LogP) is 6.19. The first-order valence-electron chi connectivity index (χ1n) is 15.7. The first-order chi connectivity index (χ1) is 20.7. The molecule has 43 heavy (non-hydrogen) atoms. The van der Waals surface area contributed by atoms with Gasteiger partial charge in [-0.15, -0.1) is 0 Å². The second-order valence-corrected chi connectivity index (χ2v) is 15.1. The van der Waals surface area contributed by atoms with Gasteiger partial charge in [-0.25, -0.2) is 8.42 Å². The molecule has 2 fully saturated rings. The van der Waals surface area contributed by atoms with Gasteiger partial charge in [0.2, 0.25) is 16.4 Å². The topological polar surface area (TPSA) is 95.9 Å². The number of hydrogen-bond donors (Lipinski definition) is 2. The molecule has 3 aliphatic rings. The van der Waals surface area contributed by atoms with Crippen LogP contribution in [0.4, 0.5) is 5.69 Å². The molecule has 0 spiro atoms. The van der Waals surface area contributed by atoms with Crippen molar-refractivity contribution in [3.8, 4) is 5.75 Å². The molecule has 2 aromatic carbocycles. The van der Waals surface area contributed by atoms with E-state index in [0.29, 0.717) is 18.9 Å². The summed E-state index contributed by atoms with van der Waals surface area (Å²) in [7, 11) is -3.69. The number of nitrogens with one attached hydrogen (secondary N) is 1. The molecule has 0 radical (unpaired) electrons. The summed E-state index contributed by atoms with van der Waals surface area (Å²) >= 11 is 6.31. The number of benzene rings is 2. The lowest BCUT2D eigenvalue weighted by Gasteiger charge is -2.42. The van der Waals surface area contributed by atoms with Crippen LogP contribution < -0.4 is 14.4 Å². The molecule has 0 bridgehead atoms. The van der Waals surface area contributed by atoms with Crippen molar-refractivity contribution in [1.29, 1.82) is 0 Å². The van der Waals surface area contributed by atoms with Crippen LogP contribution in [0.3, 0.4) is 0 Å². The minimum absolute atomic E-state index is 0.0971. The van der Waals surface area contributed by atoms with Gasteiger partial charge in [-0.1, -0.05) is 42.8 Å². The molecule has 2 N–H and O–H groups in total. The number of aryl methyl sites for hydroxylation is 2. The molecular formula is C34H45ClN2O5S. The Morgan fingerprint density at radius 1 is 1.12 bits per heavy atom. The zero-order chi connectivity index (χ0) is 30.6. The summed E-state index contributed by atoms with van der Waals surface area (Å²) in [6, 6.07) is 12.4. The number of halogens is 1. The van der Waals surface area contributed by atoms with Gasteiger partial charge in [-0.2, -0.15) is 0 Å². The van der Waals surface area contributed by atoms with E-state index in [-0.39, 0.29) is 24.2 Å². The first kappa shape index (κ1) is 31.9. The van der Waals surface area contributed by atoms with Crippen molar-refractivity contribution in [3.05, 3.63) is 70.3 Å². The summed E-state index contributed by atoms with van der Waals surface area (Å²) in [5, 5.41) is 11.3. The number of nitrogens with zero attached hydrogens (tertiary/aromatic N) is 1. The number of carbonyl (C=O) groups excluding carboxylic acids is 1. The van der Waals surface area contributed by atoms with Crippen molar-refractivity contribution in [2.45, 2.75) is 83.2 Å². The van der Waals surface area contributed by atoms with E-state index < -0.39 is 21.4 Å². The lowest BCUT2D eigenvalue weighted by molar-refractivity contribution is -0.108. The van der Waals surface area contributed by atoms with Gasteiger partial charge in [0.15, 0.2) is 0 Å². The molecule has 5 atom stereocenters. The van der Waals surface area contributed by atoms with Gasteiger partial charge in [-0.3, -0.25) is 9.52 Å². The predicted molar refractivity (Wildman–Crippen MR) is 172 cm³/mol. The monoisotopic (exact) mass is 628 g/mol. The van der Waals surface area contributed by atoms with E-state index in [1.54, 1.807) is 0 Å². The van der Waals surface area contributed by atoms with Crippen molar-refractivity contribution in [2.24, 2.45) is 23.7 Å². The van der Waals surface area contributed by atoms with E-state index >= 15 is 0 Å². The maximum Gasteiger partial charge on any atom is 0.238 e. The fourth-order valence-electron chi connectivity index (χ4n) is 6.91. The Hall–Kier alpha value is -2.55. The molecule has 0 saturated heterocycles. The fraction of sp³-hybridized carbons (Fsp3) is 0.559. The number of ether oxygens (including phenoxy) is 1. The van der Waals surface area contributed by atoms with Gasteiger partial charge in [0, 0.05) is 18.1 Å². The zero-order valence-electron chi connectivity index (χ0n) is 25.3. The molecule has 234 valence electrons. The van der Waals surface area contributed by atoms with Gasteiger partial charge in [0.05, 0.1) is 17.0 Å². The van der Waals surface area contributed by atoms with E-state index in [1.807, 2.05) is 29.9 Å². The Morgan fingerprint density at radius 3 is 2.65 bits per heavy atom. The molecule has 2 saturated carbocycles. The van der Waals surface area contributed by atoms with Crippen LogP contribution in [0.15, 0.2) is 48.6 Å². The van der Waals surface area contributed by atoms with Crippen LogP contribution in [-0.4, -0.2) is 44.4 Å². The molecule has 2 aromatic rings. The highest BCUT2D eigenvalue weighted by molar-refractivity contribution is 7.90. The number of allylic oxidation sites excluding steroid dienone is 1. The van der Waals surface area contributed by atoms with Crippen LogP contribution in [0, 0.1) is 30.6 Å². The lowest BCUT2D eigenvalue weighted by Crippen LogP contribution is -2.43. The maximum absolute atomic E-state index is 12.6. The molecular weight excluding hydrogens is 584 g/mol. The molecule has 1 amide bonds. The largest absolute Gasteiger partial charge is 0.487 e. The average Bonchev–Trinajstić information content (AvgIpc) is 3.76. The summed E-state index contributed by atoms with van der Waals surface area (Å²) < 4.78 is 33.7. The van der Waals surface area contributed by atoms with E-state index in [4.69, 9.17) is 16.3 Å². The highest BCUT2D eigenvalue weighted by Gasteiger charge is 2.43. The summed E-state index contributed by atoms with van der Waals surface area (Å²) in [6.07, 6.45) is 10.8. The second kappa shape index (κ2) is 14.0. The lowest BCUT2D eigenvalue weighted by atomic mass is 9.70. The van der Waals surface area contributed by atoms with Gasteiger partial charge in [-0.05, 0) is 123 Å². The van der Waals surface area contributed by atoms with Crippen molar-refractivity contribution >= 4 is 33.7 Å². The molecule has 2 aliphatic carbocycles. The summed E-state index contributed by atoms with van der Waals surface area (Å²) in [6.45, 7) is 6.28. The van der Waals surface area contributed by atoms with E-state index in [2.05, 4.69) is 42.2 Å². The van der Waals surface area contributed by atoms with Crippen molar-refractivity contribution in [1.82, 2.24) is 4.72 Å². The summed E-state index contributed by atoms with van der Waals surface area (Å²) in [5.41, 5.74) is 4.72. The number of aliphatic hydroxyl groups excluding tert-OH is 1. The van der Waals surface area contributed by atoms with Crippen LogP contribution in [-0.2, 0) is 27.8 Å². The molecule has 9 heteroatoms. The fourth-order valence-corrected chi connectivity index (χ4v) is 8.89. The van der Waals surface area contributed by atoms with Gasteiger partial charge in [0.1, 0.15) is 12.4 Å². The van der Waals surface area contributed by atoms with E-state index in [0.717, 1.165) is 74.5 Å². The van der Waals surface area contributed by atoms with Crippen LogP contribution in [0.5, 0.6) is 5.75 Å². The SMILES string of the molecule is Cc1ccc2c(c1)N(C[C@@H]1CC[C@H]1[C@@H](O)/C=C/C[C@H](C)[C@@H](C1CC1)S(=O)(=O)NC=O)CCCCc1cc(Cl)ccc1CO2. The Labute approximate surface area is 261 Å². The average molecular weight is 629 g/mol. The van der Waals surface area contributed by atoms with Gasteiger partial charge < -0.3 is 14.7 Å². The third-order valence-corrected chi connectivity index (χ3v) is 11.8. The Morgan fingerprint density at radius 2 is 1.93 bits per heavy atom. The van der Waals surface area contributed by atoms with Crippen molar-refractivity contribution < 1.29 is 23.1 Å². The molecule has 1 heterocycles. The van der Waals surface area contributed by atoms with Crippen LogP contribution >= 0.6 is 11.6 Å². The summed E-state index contributed by atoms with van der Waals surface area (Å²) in [5.74, 6) is 1.33. The van der Waals surface area contributed by atoms with Gasteiger partial charge >= 0.3 is 0 Å². The normalized spacial score (nSPS) is 23.1. The van der Waals surface area contributed by atoms with Crippen molar-refractivity contribution in [3.63, 3.8) is 0 Å². The Balaban J connectivity index is 1.24. The molecule has 0 aromatic heterocycles. The number of anilines is 1. The molecule has 0 unspecified atom stereocenters. The van der Waals surface area contributed by atoms with Crippen LogP contribution in [0.2, 0.25) is 5.02 Å². The summed E-state index contributed by atoms with van der Waals surface area (Å²) in [4.78, 5) is 13.3. The highest BCUT2D eigenvalue weighted by Crippen LogP contribution is 2.42. The van der Waals surface area contributed by atoms with E-state index in [1.165, 1.54) is 16.7 Å². The van der Waals surface area contributed by atoms with Gasteiger partial charge in [0.25, 0.3) is 0 Å². The first-order valence-corrected chi connectivity index (χ1v) is 17.6. The molecule has 7 nitrogen and oxygen atoms in total. The number of fused-ring (bicyclic) bond motifs is 2. The maximum atomic E-state index is 12.6. The number of amides is 1. The van der Waals surface area contributed by atoms with Crippen LogP contribution in [0.1, 0.15) is 68.6 Å². The third-order valence-electron chi connectivity index (χ3n) is 9.56.